The number of hydrogen-bond donors (Lipinski definition) is 3. The lowest BCUT2D eigenvalue weighted by Crippen LogP contribution is -2.42. The fourth-order valence-electron chi connectivity index (χ4n) is 1.66. The van der Waals surface area contributed by atoms with E-state index in [9.17, 15) is 10.2 Å². The molecule has 6 heteroatoms. The van der Waals surface area contributed by atoms with Crippen LogP contribution in [0.1, 0.15) is 13.8 Å². The molecule has 0 spiro atoms. The Morgan fingerprint density at radius 1 is 1.25 bits per heavy atom. The SMILES string of the molecule is CC(C)C(CO)NCC(O)COc1c(Cl)cccc1Cl. The maximum atomic E-state index is 9.86. The van der Waals surface area contributed by atoms with Crippen LogP contribution in [0.25, 0.3) is 0 Å². The van der Waals surface area contributed by atoms with Gasteiger partial charge in [-0.15, -0.1) is 0 Å². The molecule has 3 N–H and O–H groups in total. The van der Waals surface area contributed by atoms with Crippen LogP contribution in [-0.4, -0.2) is 42.1 Å². The molecule has 1 aromatic rings. The average Bonchev–Trinajstić information content (AvgIpc) is 2.38. The molecule has 0 aliphatic carbocycles. The highest BCUT2D eigenvalue weighted by Crippen LogP contribution is 2.32. The number of para-hydroxylation sites is 1. The fraction of sp³-hybridized carbons (Fsp3) is 0.571. The molecule has 0 aliphatic rings. The van der Waals surface area contributed by atoms with Crippen molar-refractivity contribution in [1.82, 2.24) is 5.32 Å². The van der Waals surface area contributed by atoms with E-state index in [0.29, 0.717) is 22.3 Å². The number of aliphatic hydroxyl groups is 2. The minimum atomic E-state index is -0.713. The number of halogens is 2. The summed E-state index contributed by atoms with van der Waals surface area (Å²) in [6.45, 7) is 4.43. The minimum Gasteiger partial charge on any atom is -0.488 e. The predicted octanol–water partition coefficient (Wildman–Crippen LogP) is 2.34. The summed E-state index contributed by atoms with van der Waals surface area (Å²) in [6, 6.07) is 5.03. The van der Waals surface area contributed by atoms with Gasteiger partial charge in [-0.2, -0.15) is 0 Å². The largest absolute Gasteiger partial charge is 0.488 e. The van der Waals surface area contributed by atoms with Gasteiger partial charge >= 0.3 is 0 Å². The molecular weight excluding hydrogens is 301 g/mol. The molecule has 1 rings (SSSR count). The Hall–Kier alpha value is -0.520. The zero-order chi connectivity index (χ0) is 15.1. The summed E-state index contributed by atoms with van der Waals surface area (Å²) in [5, 5.41) is 23.0. The van der Waals surface area contributed by atoms with Gasteiger partial charge in [-0.3, -0.25) is 0 Å². The molecule has 4 nitrogen and oxygen atoms in total. The molecule has 0 aromatic heterocycles. The molecule has 0 bridgehead atoms. The van der Waals surface area contributed by atoms with Gasteiger partial charge in [0.1, 0.15) is 12.7 Å². The Kier molecular flexibility index (Phi) is 7.62. The topological polar surface area (TPSA) is 61.7 Å². The van der Waals surface area contributed by atoms with Gasteiger partial charge in [0.25, 0.3) is 0 Å². The summed E-state index contributed by atoms with van der Waals surface area (Å²) in [7, 11) is 0. The smallest absolute Gasteiger partial charge is 0.156 e. The van der Waals surface area contributed by atoms with E-state index in [1.54, 1.807) is 18.2 Å². The fourth-order valence-corrected chi connectivity index (χ4v) is 2.16. The van der Waals surface area contributed by atoms with Gasteiger partial charge in [0.15, 0.2) is 5.75 Å². The number of benzene rings is 1. The van der Waals surface area contributed by atoms with Gasteiger partial charge in [0, 0.05) is 12.6 Å². The van der Waals surface area contributed by atoms with Crippen LogP contribution >= 0.6 is 23.2 Å². The molecule has 0 radical (unpaired) electrons. The van der Waals surface area contributed by atoms with Gasteiger partial charge in [-0.25, -0.2) is 0 Å². The van der Waals surface area contributed by atoms with Crippen molar-refractivity contribution in [1.29, 1.82) is 0 Å². The van der Waals surface area contributed by atoms with E-state index in [1.807, 2.05) is 13.8 Å². The van der Waals surface area contributed by atoms with E-state index in [4.69, 9.17) is 27.9 Å². The second kappa shape index (κ2) is 8.70. The number of nitrogens with one attached hydrogen (secondary N) is 1. The Balaban J connectivity index is 2.42. The first kappa shape index (κ1) is 17.5. The highest BCUT2D eigenvalue weighted by Gasteiger charge is 2.15. The first-order valence-electron chi connectivity index (χ1n) is 6.54. The van der Waals surface area contributed by atoms with Crippen molar-refractivity contribution in [3.63, 3.8) is 0 Å². The van der Waals surface area contributed by atoms with Crippen LogP contribution in [0.4, 0.5) is 0 Å². The van der Waals surface area contributed by atoms with Crippen molar-refractivity contribution in [2.24, 2.45) is 5.92 Å². The first-order chi connectivity index (χ1) is 9.45. The summed E-state index contributed by atoms with van der Waals surface area (Å²) >= 11 is 11.9. The third-order valence-corrected chi connectivity index (χ3v) is 3.55. The molecule has 0 saturated heterocycles. The number of ether oxygens (including phenoxy) is 1. The van der Waals surface area contributed by atoms with Crippen LogP contribution in [0.15, 0.2) is 18.2 Å². The lowest BCUT2D eigenvalue weighted by Gasteiger charge is -2.22. The zero-order valence-corrected chi connectivity index (χ0v) is 13.2. The lowest BCUT2D eigenvalue weighted by molar-refractivity contribution is 0.0963. The Bertz CT molecular complexity index is 395. The monoisotopic (exact) mass is 321 g/mol. The van der Waals surface area contributed by atoms with Crippen LogP contribution in [0.5, 0.6) is 5.75 Å². The minimum absolute atomic E-state index is 0.0294. The van der Waals surface area contributed by atoms with Crippen molar-refractivity contribution >= 4 is 23.2 Å². The van der Waals surface area contributed by atoms with Crippen LogP contribution in [-0.2, 0) is 0 Å². The molecular formula is C14H21Cl2NO3. The molecule has 0 fully saturated rings. The second-order valence-corrected chi connectivity index (χ2v) is 5.77. The van der Waals surface area contributed by atoms with Crippen LogP contribution in [0.3, 0.4) is 0 Å². The van der Waals surface area contributed by atoms with E-state index in [-0.39, 0.29) is 25.2 Å². The van der Waals surface area contributed by atoms with Crippen molar-refractivity contribution in [2.75, 3.05) is 19.8 Å². The van der Waals surface area contributed by atoms with Crippen LogP contribution < -0.4 is 10.1 Å². The summed E-state index contributed by atoms with van der Waals surface area (Å²) < 4.78 is 5.44. The van der Waals surface area contributed by atoms with Gasteiger partial charge < -0.3 is 20.3 Å². The normalized spacial score (nSPS) is 14.3. The van der Waals surface area contributed by atoms with E-state index < -0.39 is 6.10 Å². The van der Waals surface area contributed by atoms with Gasteiger partial charge in [-0.1, -0.05) is 43.1 Å². The van der Waals surface area contributed by atoms with E-state index >= 15 is 0 Å². The predicted molar refractivity (Wildman–Crippen MR) is 81.7 cm³/mol. The third kappa shape index (κ3) is 5.46. The van der Waals surface area contributed by atoms with E-state index in [1.165, 1.54) is 0 Å². The number of aliphatic hydroxyl groups excluding tert-OH is 2. The Labute approximate surface area is 129 Å². The van der Waals surface area contributed by atoms with Gasteiger partial charge in [0.2, 0.25) is 0 Å². The average molecular weight is 322 g/mol. The second-order valence-electron chi connectivity index (χ2n) is 4.96. The summed E-state index contributed by atoms with van der Waals surface area (Å²) in [5.74, 6) is 0.656. The molecule has 0 heterocycles. The molecule has 2 atom stereocenters. The summed E-state index contributed by atoms with van der Waals surface area (Å²) in [5.41, 5.74) is 0. The molecule has 1 aromatic carbocycles. The quantitative estimate of drug-likeness (QED) is 0.687. The van der Waals surface area contributed by atoms with Crippen molar-refractivity contribution in [3.05, 3.63) is 28.2 Å². The Morgan fingerprint density at radius 2 is 1.85 bits per heavy atom. The van der Waals surface area contributed by atoms with Gasteiger partial charge in [0.05, 0.1) is 16.7 Å². The number of hydrogen-bond acceptors (Lipinski definition) is 4. The molecule has 114 valence electrons. The molecule has 2 unspecified atom stereocenters. The molecule has 20 heavy (non-hydrogen) atoms. The van der Waals surface area contributed by atoms with E-state index in [0.717, 1.165) is 0 Å². The molecule has 0 saturated carbocycles. The van der Waals surface area contributed by atoms with Crippen LogP contribution in [0, 0.1) is 5.92 Å². The Morgan fingerprint density at radius 3 is 2.35 bits per heavy atom. The first-order valence-corrected chi connectivity index (χ1v) is 7.30. The number of rotatable bonds is 8. The lowest BCUT2D eigenvalue weighted by atomic mass is 10.1. The van der Waals surface area contributed by atoms with Crippen molar-refractivity contribution in [2.45, 2.75) is 26.0 Å². The van der Waals surface area contributed by atoms with Crippen molar-refractivity contribution in [3.8, 4) is 5.75 Å². The maximum absolute atomic E-state index is 9.86. The van der Waals surface area contributed by atoms with Crippen LogP contribution in [0.2, 0.25) is 10.0 Å². The molecule has 0 aliphatic heterocycles. The zero-order valence-electron chi connectivity index (χ0n) is 11.6. The summed E-state index contributed by atoms with van der Waals surface area (Å²) in [4.78, 5) is 0. The van der Waals surface area contributed by atoms with Gasteiger partial charge in [-0.05, 0) is 18.1 Å². The highest BCUT2D eigenvalue weighted by molar-refractivity contribution is 6.37. The third-order valence-electron chi connectivity index (χ3n) is 2.96. The summed E-state index contributed by atoms with van der Waals surface area (Å²) in [6.07, 6.45) is -0.713. The standard InChI is InChI=1S/C14H21Cl2NO3/c1-9(2)13(7-18)17-6-10(19)8-20-14-11(15)4-3-5-12(14)16/h3-5,9-10,13,17-19H,6-8H2,1-2H3. The molecule has 0 amide bonds. The maximum Gasteiger partial charge on any atom is 0.156 e. The van der Waals surface area contributed by atoms with Crippen molar-refractivity contribution < 1.29 is 14.9 Å². The van der Waals surface area contributed by atoms with E-state index in [2.05, 4.69) is 5.32 Å². The highest BCUT2D eigenvalue weighted by atomic mass is 35.5.